The fraction of sp³-hybridized carbons (Fsp3) is 0.647. The van der Waals surface area contributed by atoms with Crippen LogP contribution >= 0.6 is 11.6 Å². The summed E-state index contributed by atoms with van der Waals surface area (Å²) < 4.78 is 19.4. The third-order valence-corrected chi connectivity index (χ3v) is 5.42. The Labute approximate surface area is 131 Å². The van der Waals surface area contributed by atoms with Crippen LogP contribution in [0.15, 0.2) is 18.2 Å². The van der Waals surface area contributed by atoms with Crippen molar-refractivity contribution in [1.82, 2.24) is 5.32 Å². The molecule has 4 heteroatoms. The molecule has 2 unspecified atom stereocenters. The van der Waals surface area contributed by atoms with Crippen LogP contribution in [0, 0.1) is 11.2 Å². The number of ether oxygens (including phenoxy) is 1. The third-order valence-electron chi connectivity index (χ3n) is 5.13. The van der Waals surface area contributed by atoms with Crippen molar-refractivity contribution in [2.45, 2.75) is 57.6 Å². The van der Waals surface area contributed by atoms with Crippen LogP contribution in [0.5, 0.6) is 5.75 Å². The summed E-state index contributed by atoms with van der Waals surface area (Å²) in [6.45, 7) is 3.27. The molecule has 2 nitrogen and oxygen atoms in total. The molecule has 0 aromatic heterocycles. The molecule has 0 saturated heterocycles. The first kappa shape index (κ1) is 15.1. The van der Waals surface area contributed by atoms with Crippen molar-refractivity contribution in [2.24, 2.45) is 5.41 Å². The molecule has 2 saturated carbocycles. The number of nitrogens with one attached hydrogen (secondary N) is 1. The SMILES string of the molecule is CCCNC1CC(Oc2ccc(F)c(Cl)c2)C12CCCC2. The summed E-state index contributed by atoms with van der Waals surface area (Å²) in [6.07, 6.45) is 7.46. The monoisotopic (exact) mass is 311 g/mol. The smallest absolute Gasteiger partial charge is 0.142 e. The van der Waals surface area contributed by atoms with Gasteiger partial charge in [0, 0.05) is 23.9 Å². The number of hydrogen-bond donors (Lipinski definition) is 1. The van der Waals surface area contributed by atoms with E-state index in [0.29, 0.717) is 11.8 Å². The fourth-order valence-corrected chi connectivity index (χ4v) is 4.11. The van der Waals surface area contributed by atoms with E-state index >= 15 is 0 Å². The topological polar surface area (TPSA) is 21.3 Å². The minimum absolute atomic E-state index is 0.132. The summed E-state index contributed by atoms with van der Waals surface area (Å²) in [7, 11) is 0. The van der Waals surface area contributed by atoms with Crippen LogP contribution in [-0.4, -0.2) is 18.7 Å². The van der Waals surface area contributed by atoms with E-state index in [2.05, 4.69) is 12.2 Å². The van der Waals surface area contributed by atoms with Gasteiger partial charge in [0.1, 0.15) is 17.7 Å². The van der Waals surface area contributed by atoms with Gasteiger partial charge < -0.3 is 10.1 Å². The lowest BCUT2D eigenvalue weighted by Crippen LogP contribution is -2.63. The van der Waals surface area contributed by atoms with Gasteiger partial charge in [0.25, 0.3) is 0 Å². The molecule has 2 aliphatic rings. The van der Waals surface area contributed by atoms with Crippen LogP contribution in [0.3, 0.4) is 0 Å². The lowest BCUT2D eigenvalue weighted by Gasteiger charge is -2.54. The second-order valence-corrected chi connectivity index (χ2v) is 6.77. The van der Waals surface area contributed by atoms with E-state index < -0.39 is 5.82 Å². The normalized spacial score (nSPS) is 26.8. The Balaban J connectivity index is 1.69. The molecule has 0 bridgehead atoms. The zero-order valence-corrected chi connectivity index (χ0v) is 13.3. The second-order valence-electron chi connectivity index (χ2n) is 6.37. The van der Waals surface area contributed by atoms with E-state index in [9.17, 15) is 4.39 Å². The van der Waals surface area contributed by atoms with E-state index in [-0.39, 0.29) is 16.5 Å². The summed E-state index contributed by atoms with van der Waals surface area (Å²) >= 11 is 5.84. The Bertz CT molecular complexity index is 502. The second kappa shape index (κ2) is 6.13. The maximum absolute atomic E-state index is 13.2. The minimum Gasteiger partial charge on any atom is -0.490 e. The Hall–Kier alpha value is -0.800. The number of rotatable bonds is 5. The number of halogens is 2. The summed E-state index contributed by atoms with van der Waals surface area (Å²) in [5, 5.41) is 3.80. The Morgan fingerprint density at radius 1 is 1.38 bits per heavy atom. The van der Waals surface area contributed by atoms with Crippen molar-refractivity contribution in [3.05, 3.63) is 29.0 Å². The van der Waals surface area contributed by atoms with Gasteiger partial charge in [0.2, 0.25) is 0 Å². The number of benzene rings is 1. The predicted molar refractivity (Wildman–Crippen MR) is 83.4 cm³/mol. The molecule has 0 amide bonds. The highest BCUT2D eigenvalue weighted by atomic mass is 35.5. The molecule has 0 aliphatic heterocycles. The highest BCUT2D eigenvalue weighted by molar-refractivity contribution is 6.30. The van der Waals surface area contributed by atoms with Crippen LogP contribution < -0.4 is 10.1 Å². The van der Waals surface area contributed by atoms with Crippen molar-refractivity contribution in [3.8, 4) is 5.75 Å². The van der Waals surface area contributed by atoms with E-state index in [1.807, 2.05) is 0 Å². The Kier molecular flexibility index (Phi) is 4.41. The molecule has 2 atom stereocenters. The van der Waals surface area contributed by atoms with Gasteiger partial charge in [-0.2, -0.15) is 0 Å². The molecule has 116 valence electrons. The first-order chi connectivity index (χ1) is 10.2. The van der Waals surface area contributed by atoms with E-state index in [1.165, 1.54) is 31.7 Å². The summed E-state index contributed by atoms with van der Waals surface area (Å²) in [4.78, 5) is 0. The quantitative estimate of drug-likeness (QED) is 0.860. The highest BCUT2D eigenvalue weighted by Crippen LogP contribution is 2.54. The molecule has 1 aromatic carbocycles. The van der Waals surface area contributed by atoms with E-state index in [0.717, 1.165) is 19.4 Å². The van der Waals surface area contributed by atoms with Crippen LogP contribution in [0.4, 0.5) is 4.39 Å². The molecule has 3 rings (SSSR count). The van der Waals surface area contributed by atoms with Crippen molar-refractivity contribution >= 4 is 11.6 Å². The molecule has 1 spiro atoms. The van der Waals surface area contributed by atoms with Gasteiger partial charge in [-0.15, -0.1) is 0 Å². The summed E-state index contributed by atoms with van der Waals surface area (Å²) in [5.74, 6) is 0.294. The molecule has 21 heavy (non-hydrogen) atoms. The van der Waals surface area contributed by atoms with Gasteiger partial charge in [-0.3, -0.25) is 0 Å². The van der Waals surface area contributed by atoms with E-state index in [4.69, 9.17) is 16.3 Å². The molecular weight excluding hydrogens is 289 g/mol. The number of hydrogen-bond acceptors (Lipinski definition) is 2. The zero-order chi connectivity index (χ0) is 14.9. The minimum atomic E-state index is -0.393. The van der Waals surface area contributed by atoms with E-state index in [1.54, 1.807) is 12.1 Å². The molecule has 2 aliphatic carbocycles. The van der Waals surface area contributed by atoms with Crippen LogP contribution in [0.2, 0.25) is 5.02 Å². The van der Waals surface area contributed by atoms with Gasteiger partial charge in [0.15, 0.2) is 0 Å². The zero-order valence-electron chi connectivity index (χ0n) is 12.5. The third kappa shape index (κ3) is 2.78. The van der Waals surface area contributed by atoms with Gasteiger partial charge >= 0.3 is 0 Å². The van der Waals surface area contributed by atoms with Crippen LogP contribution in [0.1, 0.15) is 45.4 Å². The largest absolute Gasteiger partial charge is 0.490 e. The molecule has 0 radical (unpaired) electrons. The van der Waals surface area contributed by atoms with Crippen molar-refractivity contribution in [3.63, 3.8) is 0 Å². The fourth-order valence-electron chi connectivity index (χ4n) is 3.94. The molecule has 0 heterocycles. The van der Waals surface area contributed by atoms with Crippen LogP contribution in [0.25, 0.3) is 0 Å². The van der Waals surface area contributed by atoms with Gasteiger partial charge in [-0.05, 0) is 37.9 Å². The highest BCUT2D eigenvalue weighted by Gasteiger charge is 2.57. The van der Waals surface area contributed by atoms with Gasteiger partial charge in [0.05, 0.1) is 5.02 Å². The van der Waals surface area contributed by atoms with Crippen molar-refractivity contribution < 1.29 is 9.13 Å². The Morgan fingerprint density at radius 2 is 2.14 bits per heavy atom. The molecular formula is C17H23ClFNO. The first-order valence-electron chi connectivity index (χ1n) is 8.01. The average Bonchev–Trinajstić information content (AvgIpc) is 2.98. The lowest BCUT2D eigenvalue weighted by molar-refractivity contribution is -0.0759. The van der Waals surface area contributed by atoms with Gasteiger partial charge in [-0.25, -0.2) is 4.39 Å². The summed E-state index contributed by atoms with van der Waals surface area (Å²) in [5.41, 5.74) is 0.274. The van der Waals surface area contributed by atoms with Crippen LogP contribution in [-0.2, 0) is 0 Å². The standard InChI is InChI=1S/C17H23ClFNO/c1-2-9-20-15-11-16(17(15)7-3-4-8-17)21-12-5-6-14(19)13(18)10-12/h5-6,10,15-16,20H,2-4,7-9,11H2,1H3. The molecule has 2 fully saturated rings. The maximum atomic E-state index is 13.2. The van der Waals surface area contributed by atoms with Crippen molar-refractivity contribution in [2.75, 3.05) is 6.54 Å². The molecule has 1 aromatic rings. The predicted octanol–water partition coefficient (Wildman–Crippen LogP) is 4.56. The maximum Gasteiger partial charge on any atom is 0.142 e. The molecule has 1 N–H and O–H groups in total. The Morgan fingerprint density at radius 3 is 2.81 bits per heavy atom. The van der Waals surface area contributed by atoms with Gasteiger partial charge in [-0.1, -0.05) is 31.4 Å². The first-order valence-corrected chi connectivity index (χ1v) is 8.38. The summed E-state index contributed by atoms with van der Waals surface area (Å²) in [6, 6.07) is 5.22. The average molecular weight is 312 g/mol. The lowest BCUT2D eigenvalue weighted by atomic mass is 9.60. The van der Waals surface area contributed by atoms with Crippen molar-refractivity contribution in [1.29, 1.82) is 0 Å².